The Labute approximate surface area is 192 Å². The summed E-state index contributed by atoms with van der Waals surface area (Å²) in [6.07, 6.45) is 7.25. The summed E-state index contributed by atoms with van der Waals surface area (Å²) < 4.78 is 12.8. The zero-order valence-corrected chi connectivity index (χ0v) is 19.5. The van der Waals surface area contributed by atoms with Gasteiger partial charge in [-0.3, -0.25) is 4.90 Å². The summed E-state index contributed by atoms with van der Waals surface area (Å²) >= 11 is 0. The third-order valence-corrected chi connectivity index (χ3v) is 8.86. The van der Waals surface area contributed by atoms with Crippen molar-refractivity contribution < 1.29 is 9.47 Å². The number of nitrogens with zero attached hydrogens (tertiary/aromatic N) is 1. The van der Waals surface area contributed by atoms with Crippen molar-refractivity contribution >= 4 is 5.69 Å². The van der Waals surface area contributed by atoms with Crippen molar-refractivity contribution in [3.8, 4) is 5.75 Å². The molecular formula is C28H36N2O2. The van der Waals surface area contributed by atoms with Crippen LogP contribution in [0.5, 0.6) is 5.75 Å². The summed E-state index contributed by atoms with van der Waals surface area (Å²) in [5, 5.41) is 3.80. The molecular weight excluding hydrogens is 396 g/mol. The number of hydrogen-bond acceptors (Lipinski definition) is 4. The van der Waals surface area contributed by atoms with E-state index in [1.54, 1.807) is 7.11 Å². The smallest absolute Gasteiger partial charge is 0.119 e. The van der Waals surface area contributed by atoms with Crippen LogP contribution in [0.25, 0.3) is 0 Å². The van der Waals surface area contributed by atoms with Gasteiger partial charge in [-0.25, -0.2) is 0 Å². The van der Waals surface area contributed by atoms with Gasteiger partial charge in [0.1, 0.15) is 5.75 Å². The number of rotatable bonds is 6. The van der Waals surface area contributed by atoms with E-state index in [-0.39, 0.29) is 11.0 Å². The van der Waals surface area contributed by atoms with Crippen molar-refractivity contribution in [2.45, 2.75) is 68.5 Å². The maximum absolute atomic E-state index is 7.08. The van der Waals surface area contributed by atoms with Gasteiger partial charge in [0.2, 0.25) is 0 Å². The minimum Gasteiger partial charge on any atom is -0.497 e. The van der Waals surface area contributed by atoms with Crippen molar-refractivity contribution in [2.24, 2.45) is 5.92 Å². The van der Waals surface area contributed by atoms with Gasteiger partial charge in [0, 0.05) is 23.7 Å². The molecule has 3 fully saturated rings. The van der Waals surface area contributed by atoms with E-state index in [0.717, 1.165) is 44.0 Å². The quantitative estimate of drug-likeness (QED) is 0.695. The molecule has 0 amide bonds. The number of fused-ring (bicyclic) bond motifs is 1. The maximum atomic E-state index is 7.08. The second kappa shape index (κ2) is 7.78. The lowest BCUT2D eigenvalue weighted by Gasteiger charge is -2.66. The highest BCUT2D eigenvalue weighted by atomic mass is 16.5. The highest BCUT2D eigenvalue weighted by molar-refractivity contribution is 5.50. The third kappa shape index (κ3) is 3.10. The van der Waals surface area contributed by atoms with Crippen LogP contribution in [-0.2, 0) is 16.6 Å². The molecule has 2 aliphatic carbocycles. The number of methoxy groups -OCH3 is 1. The normalized spacial score (nSPS) is 33.8. The average Bonchev–Trinajstić information content (AvgIpc) is 3.65. The number of para-hydroxylation sites is 1. The topological polar surface area (TPSA) is 33.7 Å². The summed E-state index contributed by atoms with van der Waals surface area (Å²) in [4.78, 5) is 2.80. The molecule has 2 aromatic rings. The first-order valence-corrected chi connectivity index (χ1v) is 12.5. The molecule has 1 saturated carbocycles. The van der Waals surface area contributed by atoms with Gasteiger partial charge in [0.15, 0.2) is 0 Å². The molecule has 0 spiro atoms. The lowest BCUT2D eigenvalue weighted by atomic mass is 9.50. The zero-order valence-electron chi connectivity index (χ0n) is 19.5. The number of piperidine rings is 1. The van der Waals surface area contributed by atoms with E-state index in [1.807, 2.05) is 0 Å². The van der Waals surface area contributed by atoms with Gasteiger partial charge in [-0.2, -0.15) is 0 Å². The number of likely N-dealkylation sites (tertiary alicyclic amines) is 1. The van der Waals surface area contributed by atoms with E-state index in [4.69, 9.17) is 9.47 Å². The van der Waals surface area contributed by atoms with E-state index < -0.39 is 0 Å². The highest BCUT2D eigenvalue weighted by Crippen LogP contribution is 2.59. The lowest BCUT2D eigenvalue weighted by Crippen LogP contribution is -2.75. The summed E-state index contributed by atoms with van der Waals surface area (Å²) in [5.74, 6) is 1.88. The van der Waals surface area contributed by atoms with Gasteiger partial charge in [-0.15, -0.1) is 0 Å². The van der Waals surface area contributed by atoms with Crippen molar-refractivity contribution in [3.05, 3.63) is 59.7 Å². The number of benzene rings is 2. The van der Waals surface area contributed by atoms with Crippen LogP contribution in [0.2, 0.25) is 0 Å². The Hall–Kier alpha value is -2.04. The largest absolute Gasteiger partial charge is 0.497 e. The minimum absolute atomic E-state index is 0.0271. The van der Waals surface area contributed by atoms with E-state index in [0.29, 0.717) is 12.1 Å². The molecule has 2 aliphatic heterocycles. The summed E-state index contributed by atoms with van der Waals surface area (Å²) in [7, 11) is 1.79. The maximum Gasteiger partial charge on any atom is 0.119 e. The van der Waals surface area contributed by atoms with E-state index in [9.17, 15) is 0 Å². The molecule has 1 unspecified atom stereocenters. The molecule has 4 aliphatic rings. The van der Waals surface area contributed by atoms with Crippen LogP contribution in [0.4, 0.5) is 5.69 Å². The molecule has 0 aromatic heterocycles. The van der Waals surface area contributed by atoms with E-state index in [2.05, 4.69) is 65.7 Å². The van der Waals surface area contributed by atoms with Crippen LogP contribution < -0.4 is 10.1 Å². The molecule has 0 radical (unpaired) electrons. The first-order chi connectivity index (χ1) is 15.7. The molecule has 4 nitrogen and oxygen atoms in total. The predicted molar refractivity (Wildman–Crippen MR) is 129 cm³/mol. The molecule has 4 atom stereocenters. The van der Waals surface area contributed by atoms with Gasteiger partial charge >= 0.3 is 0 Å². The predicted octanol–water partition coefficient (Wildman–Crippen LogP) is 5.02. The highest BCUT2D eigenvalue weighted by Gasteiger charge is 2.65. The summed E-state index contributed by atoms with van der Waals surface area (Å²) in [6, 6.07) is 18.2. The van der Waals surface area contributed by atoms with Gasteiger partial charge in [-0.05, 0) is 86.4 Å². The fraction of sp³-hybridized carbons (Fsp3) is 0.571. The fourth-order valence-electron chi connectivity index (χ4n) is 7.22. The molecule has 2 saturated heterocycles. The molecule has 6 rings (SSSR count). The first-order valence-electron chi connectivity index (χ1n) is 12.5. The Balaban J connectivity index is 1.42. The standard InChI is InChI=1S/C28H36N2O2/c1-3-28-26-15-21-11-12-24(31-2)16-25(21)27(28,13-14-30(26)18-20-9-10-20)17-23(19-32-28)29-22-7-5-4-6-8-22/h4-8,11-12,16,20,23,26,29H,3,9-10,13-15,17-19H2,1-2H3/t23?,26-,27-,28-/m0/s1. The number of ether oxygens (including phenoxy) is 2. The molecule has 4 heteroatoms. The molecule has 32 heavy (non-hydrogen) atoms. The van der Waals surface area contributed by atoms with Gasteiger partial charge in [-0.1, -0.05) is 31.2 Å². The van der Waals surface area contributed by atoms with Crippen LogP contribution in [0.15, 0.2) is 48.5 Å². The first kappa shape index (κ1) is 20.6. The summed E-state index contributed by atoms with van der Waals surface area (Å²) in [6.45, 7) is 5.57. The van der Waals surface area contributed by atoms with Crippen molar-refractivity contribution in [1.82, 2.24) is 4.90 Å². The third-order valence-electron chi connectivity index (χ3n) is 8.86. The van der Waals surface area contributed by atoms with Crippen LogP contribution in [-0.4, -0.2) is 49.4 Å². The Bertz CT molecular complexity index is 975. The van der Waals surface area contributed by atoms with Gasteiger partial charge in [0.25, 0.3) is 0 Å². The second-order valence-corrected chi connectivity index (χ2v) is 10.5. The average molecular weight is 433 g/mol. The molecule has 2 aromatic carbocycles. The minimum atomic E-state index is -0.117. The number of anilines is 1. The van der Waals surface area contributed by atoms with Crippen molar-refractivity contribution in [1.29, 1.82) is 0 Å². The Morgan fingerprint density at radius 2 is 2.00 bits per heavy atom. The van der Waals surface area contributed by atoms with Gasteiger partial charge in [0.05, 0.1) is 25.4 Å². The monoisotopic (exact) mass is 432 g/mol. The fourth-order valence-corrected chi connectivity index (χ4v) is 7.22. The van der Waals surface area contributed by atoms with Crippen LogP contribution in [0, 0.1) is 5.92 Å². The molecule has 2 heterocycles. The molecule has 170 valence electrons. The molecule has 1 N–H and O–H groups in total. The lowest BCUT2D eigenvalue weighted by molar-refractivity contribution is -0.212. The van der Waals surface area contributed by atoms with Crippen LogP contribution in [0.1, 0.15) is 50.2 Å². The van der Waals surface area contributed by atoms with Gasteiger partial charge < -0.3 is 14.8 Å². The number of nitrogens with one attached hydrogen (secondary N) is 1. The van der Waals surface area contributed by atoms with Crippen LogP contribution >= 0.6 is 0 Å². The zero-order chi connectivity index (χ0) is 21.8. The Morgan fingerprint density at radius 1 is 1.16 bits per heavy atom. The number of hydrogen-bond donors (Lipinski definition) is 1. The second-order valence-electron chi connectivity index (χ2n) is 10.5. The van der Waals surface area contributed by atoms with Crippen molar-refractivity contribution in [3.63, 3.8) is 0 Å². The Kier molecular flexibility index (Phi) is 5.00. The summed E-state index contributed by atoms with van der Waals surface area (Å²) in [5.41, 5.74) is 4.09. The van der Waals surface area contributed by atoms with E-state index in [1.165, 1.54) is 42.7 Å². The SMILES string of the molecule is CC[C@@]12OCC(Nc3ccccc3)C[C@]13CCN(CC1CC1)[C@H]2Cc1ccc(OC)cc13. The Morgan fingerprint density at radius 3 is 2.75 bits per heavy atom. The van der Waals surface area contributed by atoms with E-state index >= 15 is 0 Å². The van der Waals surface area contributed by atoms with Crippen LogP contribution in [0.3, 0.4) is 0 Å². The molecule has 2 bridgehead atoms. The van der Waals surface area contributed by atoms with Crippen molar-refractivity contribution in [2.75, 3.05) is 32.1 Å².